The van der Waals surface area contributed by atoms with Crippen LogP contribution in [0.25, 0.3) is 0 Å². The molecule has 0 bridgehead atoms. The second-order valence-electron chi connectivity index (χ2n) is 5.48. The standard InChI is InChI=1S/C17H24N2O3/c1-5-10-18-15(20)17(2,3)16(21)19-11-9-13-7-6-8-14(12-13)22-4/h5-8,12H,1,9-11H2,2-4H3,(H,18,20)(H,19,21). The molecule has 0 fully saturated rings. The van der Waals surface area contributed by atoms with E-state index in [0.29, 0.717) is 19.5 Å². The van der Waals surface area contributed by atoms with Crippen LogP contribution in [0.15, 0.2) is 36.9 Å². The molecule has 2 amide bonds. The lowest BCUT2D eigenvalue weighted by atomic mass is 9.91. The lowest BCUT2D eigenvalue weighted by Crippen LogP contribution is -2.48. The van der Waals surface area contributed by atoms with Gasteiger partial charge < -0.3 is 15.4 Å². The topological polar surface area (TPSA) is 67.4 Å². The van der Waals surface area contributed by atoms with E-state index in [-0.39, 0.29) is 11.8 Å². The summed E-state index contributed by atoms with van der Waals surface area (Å²) in [5, 5.41) is 5.44. The molecule has 1 rings (SSSR count). The zero-order valence-corrected chi connectivity index (χ0v) is 13.4. The first-order valence-corrected chi connectivity index (χ1v) is 7.22. The summed E-state index contributed by atoms with van der Waals surface area (Å²) >= 11 is 0. The maximum absolute atomic E-state index is 12.2. The molecule has 0 saturated heterocycles. The highest BCUT2D eigenvalue weighted by atomic mass is 16.5. The van der Waals surface area contributed by atoms with Crippen molar-refractivity contribution in [3.05, 3.63) is 42.5 Å². The molecular formula is C17H24N2O3. The monoisotopic (exact) mass is 304 g/mol. The molecule has 2 N–H and O–H groups in total. The summed E-state index contributed by atoms with van der Waals surface area (Å²) in [6.45, 7) is 7.55. The van der Waals surface area contributed by atoms with Crippen LogP contribution in [-0.2, 0) is 16.0 Å². The number of amides is 2. The Hall–Kier alpha value is -2.30. The first kappa shape index (κ1) is 17.8. The minimum absolute atomic E-state index is 0.294. The molecule has 0 saturated carbocycles. The molecule has 0 atom stereocenters. The second kappa shape index (κ2) is 8.22. The molecule has 5 heteroatoms. The third kappa shape index (κ3) is 4.91. The van der Waals surface area contributed by atoms with Gasteiger partial charge in [0.1, 0.15) is 11.2 Å². The number of hydrogen-bond donors (Lipinski definition) is 2. The Bertz CT molecular complexity index is 538. The zero-order valence-electron chi connectivity index (χ0n) is 13.4. The minimum atomic E-state index is -1.11. The molecule has 1 aromatic carbocycles. The van der Waals surface area contributed by atoms with Gasteiger partial charge in [0.15, 0.2) is 0 Å². The van der Waals surface area contributed by atoms with Gasteiger partial charge >= 0.3 is 0 Å². The number of methoxy groups -OCH3 is 1. The Balaban J connectivity index is 2.50. The van der Waals surface area contributed by atoms with Crippen molar-refractivity contribution >= 4 is 11.8 Å². The van der Waals surface area contributed by atoms with Gasteiger partial charge in [-0.25, -0.2) is 0 Å². The third-order valence-electron chi connectivity index (χ3n) is 3.38. The summed E-state index contributed by atoms with van der Waals surface area (Å²) in [6, 6.07) is 7.67. The van der Waals surface area contributed by atoms with E-state index < -0.39 is 5.41 Å². The van der Waals surface area contributed by atoms with Crippen molar-refractivity contribution in [2.75, 3.05) is 20.2 Å². The Morgan fingerprint density at radius 2 is 1.95 bits per heavy atom. The smallest absolute Gasteiger partial charge is 0.235 e. The van der Waals surface area contributed by atoms with Gasteiger partial charge in [-0.05, 0) is 38.0 Å². The Labute approximate surface area is 131 Å². The van der Waals surface area contributed by atoms with Crippen LogP contribution in [0, 0.1) is 5.41 Å². The van der Waals surface area contributed by atoms with Crippen LogP contribution in [0.3, 0.4) is 0 Å². The summed E-state index contributed by atoms with van der Waals surface area (Å²) in [5.74, 6) is 0.177. The number of benzene rings is 1. The average molecular weight is 304 g/mol. The van der Waals surface area contributed by atoms with Gasteiger partial charge in [0, 0.05) is 13.1 Å². The first-order chi connectivity index (χ1) is 10.4. The van der Waals surface area contributed by atoms with Gasteiger partial charge in [0.05, 0.1) is 7.11 Å². The number of ether oxygens (including phenoxy) is 1. The van der Waals surface area contributed by atoms with Crippen LogP contribution >= 0.6 is 0 Å². The molecule has 0 spiro atoms. The van der Waals surface area contributed by atoms with E-state index in [1.165, 1.54) is 0 Å². The van der Waals surface area contributed by atoms with E-state index in [4.69, 9.17) is 4.74 Å². The van der Waals surface area contributed by atoms with Crippen LogP contribution in [0.2, 0.25) is 0 Å². The van der Waals surface area contributed by atoms with Crippen LogP contribution in [-0.4, -0.2) is 32.0 Å². The van der Waals surface area contributed by atoms with Crippen molar-refractivity contribution in [3.63, 3.8) is 0 Å². The maximum atomic E-state index is 12.2. The molecule has 0 radical (unpaired) electrons. The molecule has 120 valence electrons. The molecule has 0 aliphatic carbocycles. The SMILES string of the molecule is C=CCNC(=O)C(C)(C)C(=O)NCCc1cccc(OC)c1. The maximum Gasteiger partial charge on any atom is 0.235 e. The van der Waals surface area contributed by atoms with Gasteiger partial charge in [-0.1, -0.05) is 18.2 Å². The van der Waals surface area contributed by atoms with E-state index in [1.54, 1.807) is 27.0 Å². The molecule has 0 aromatic heterocycles. The number of rotatable bonds is 8. The predicted octanol–water partition coefficient (Wildman–Crippen LogP) is 1.68. The summed E-state index contributed by atoms with van der Waals surface area (Å²) < 4.78 is 5.16. The summed E-state index contributed by atoms with van der Waals surface area (Å²) in [6.07, 6.45) is 2.25. The van der Waals surface area contributed by atoms with Crippen LogP contribution in [0.1, 0.15) is 19.4 Å². The van der Waals surface area contributed by atoms with E-state index in [9.17, 15) is 9.59 Å². The Kier molecular flexibility index (Phi) is 6.63. The minimum Gasteiger partial charge on any atom is -0.497 e. The number of carbonyl (C=O) groups is 2. The van der Waals surface area contributed by atoms with Crippen molar-refractivity contribution in [2.45, 2.75) is 20.3 Å². The number of hydrogen-bond acceptors (Lipinski definition) is 3. The Morgan fingerprint density at radius 1 is 1.27 bits per heavy atom. The van der Waals surface area contributed by atoms with Crippen LogP contribution in [0.4, 0.5) is 0 Å². The van der Waals surface area contributed by atoms with Crippen molar-refractivity contribution in [3.8, 4) is 5.75 Å². The molecule has 0 aliphatic heterocycles. The number of carbonyl (C=O) groups excluding carboxylic acids is 2. The van der Waals surface area contributed by atoms with Gasteiger partial charge in [-0.3, -0.25) is 9.59 Å². The van der Waals surface area contributed by atoms with Crippen molar-refractivity contribution < 1.29 is 14.3 Å². The zero-order chi connectivity index (χ0) is 16.6. The molecule has 0 heterocycles. The highest BCUT2D eigenvalue weighted by Gasteiger charge is 2.35. The largest absolute Gasteiger partial charge is 0.497 e. The first-order valence-electron chi connectivity index (χ1n) is 7.22. The van der Waals surface area contributed by atoms with E-state index in [2.05, 4.69) is 17.2 Å². The molecule has 5 nitrogen and oxygen atoms in total. The van der Waals surface area contributed by atoms with E-state index >= 15 is 0 Å². The highest BCUT2D eigenvalue weighted by Crippen LogP contribution is 2.16. The molecule has 0 aliphatic rings. The quantitative estimate of drug-likeness (QED) is 0.567. The normalized spacial score (nSPS) is 10.7. The second-order valence-corrected chi connectivity index (χ2v) is 5.48. The van der Waals surface area contributed by atoms with Gasteiger partial charge in [0.2, 0.25) is 11.8 Å². The summed E-state index contributed by atoms with van der Waals surface area (Å²) in [4.78, 5) is 24.1. The molecule has 0 unspecified atom stereocenters. The van der Waals surface area contributed by atoms with Crippen molar-refractivity contribution in [1.82, 2.24) is 10.6 Å². The van der Waals surface area contributed by atoms with Gasteiger partial charge in [0.25, 0.3) is 0 Å². The van der Waals surface area contributed by atoms with Gasteiger partial charge in [-0.2, -0.15) is 0 Å². The number of nitrogens with one attached hydrogen (secondary N) is 2. The van der Waals surface area contributed by atoms with Crippen molar-refractivity contribution in [1.29, 1.82) is 0 Å². The lowest BCUT2D eigenvalue weighted by Gasteiger charge is -2.22. The Morgan fingerprint density at radius 3 is 2.59 bits per heavy atom. The highest BCUT2D eigenvalue weighted by molar-refractivity contribution is 6.04. The lowest BCUT2D eigenvalue weighted by molar-refractivity contribution is -0.141. The fourth-order valence-electron chi connectivity index (χ4n) is 1.86. The van der Waals surface area contributed by atoms with E-state index in [1.807, 2.05) is 24.3 Å². The van der Waals surface area contributed by atoms with Crippen LogP contribution in [0.5, 0.6) is 5.75 Å². The summed E-state index contributed by atoms with van der Waals surface area (Å²) in [5.41, 5.74) is -0.0502. The molecule has 22 heavy (non-hydrogen) atoms. The fourth-order valence-corrected chi connectivity index (χ4v) is 1.86. The average Bonchev–Trinajstić information content (AvgIpc) is 2.52. The van der Waals surface area contributed by atoms with Gasteiger partial charge in [-0.15, -0.1) is 6.58 Å². The third-order valence-corrected chi connectivity index (χ3v) is 3.38. The fraction of sp³-hybridized carbons (Fsp3) is 0.412. The van der Waals surface area contributed by atoms with Crippen LogP contribution < -0.4 is 15.4 Å². The molecule has 1 aromatic rings. The van der Waals surface area contributed by atoms with E-state index in [0.717, 1.165) is 11.3 Å². The summed E-state index contributed by atoms with van der Waals surface area (Å²) in [7, 11) is 1.62. The predicted molar refractivity (Wildman–Crippen MR) is 86.7 cm³/mol. The molecular weight excluding hydrogens is 280 g/mol. The van der Waals surface area contributed by atoms with Crippen molar-refractivity contribution in [2.24, 2.45) is 5.41 Å².